The van der Waals surface area contributed by atoms with Crippen molar-refractivity contribution in [2.75, 3.05) is 11.9 Å². The number of nitrogens with zero attached hydrogens (tertiary/aromatic N) is 2. The van der Waals surface area contributed by atoms with Gasteiger partial charge in [0.2, 0.25) is 5.95 Å². The molecule has 0 radical (unpaired) electrons. The number of amides is 1. The Labute approximate surface area is 131 Å². The molecule has 2 rings (SSSR count). The first kappa shape index (κ1) is 15.9. The van der Waals surface area contributed by atoms with Crippen LogP contribution in [0.1, 0.15) is 36.7 Å². The Morgan fingerprint density at radius 2 is 1.73 bits per heavy atom. The zero-order valence-electron chi connectivity index (χ0n) is 13.3. The van der Waals surface area contributed by atoms with Crippen LogP contribution in [0.4, 0.5) is 5.95 Å². The quantitative estimate of drug-likeness (QED) is 0.890. The Bertz CT molecular complexity index is 603. The van der Waals surface area contributed by atoms with E-state index in [1.165, 1.54) is 5.56 Å². The molecule has 0 bridgehead atoms. The van der Waals surface area contributed by atoms with E-state index >= 15 is 0 Å². The molecule has 5 heteroatoms. The Morgan fingerprint density at radius 3 is 2.32 bits per heavy atom. The van der Waals surface area contributed by atoms with E-state index in [1.54, 1.807) is 12.4 Å². The van der Waals surface area contributed by atoms with Crippen LogP contribution in [0.5, 0.6) is 0 Å². The molecular weight excluding hydrogens is 276 g/mol. The Hall–Kier alpha value is -2.43. The van der Waals surface area contributed by atoms with Crippen molar-refractivity contribution in [3.8, 4) is 0 Å². The summed E-state index contributed by atoms with van der Waals surface area (Å²) in [4.78, 5) is 20.3. The highest BCUT2D eigenvalue weighted by atomic mass is 16.1. The number of carbonyl (C=O) groups is 1. The van der Waals surface area contributed by atoms with Crippen LogP contribution in [-0.2, 0) is 6.42 Å². The molecule has 1 aromatic carbocycles. The van der Waals surface area contributed by atoms with Crippen molar-refractivity contribution in [3.05, 3.63) is 53.9 Å². The van der Waals surface area contributed by atoms with E-state index in [0.717, 1.165) is 13.0 Å². The van der Waals surface area contributed by atoms with Gasteiger partial charge in [0.1, 0.15) is 0 Å². The summed E-state index contributed by atoms with van der Waals surface area (Å²) in [6.07, 6.45) is 3.98. The molecule has 0 aliphatic heterocycles. The second-order valence-electron chi connectivity index (χ2n) is 6.16. The van der Waals surface area contributed by atoms with Crippen molar-refractivity contribution in [2.24, 2.45) is 0 Å². The molecule has 0 saturated carbocycles. The van der Waals surface area contributed by atoms with Crippen LogP contribution in [0, 0.1) is 0 Å². The Morgan fingerprint density at radius 1 is 1.09 bits per heavy atom. The SMILES string of the molecule is CC(C)(C)NC(=O)c1cnc(NCCc2ccccc2)nc1. The van der Waals surface area contributed by atoms with Gasteiger partial charge in [0.15, 0.2) is 0 Å². The average Bonchev–Trinajstić information content (AvgIpc) is 2.47. The molecule has 1 heterocycles. The van der Waals surface area contributed by atoms with Gasteiger partial charge in [-0.25, -0.2) is 9.97 Å². The summed E-state index contributed by atoms with van der Waals surface area (Å²) < 4.78 is 0. The van der Waals surface area contributed by atoms with E-state index in [-0.39, 0.29) is 11.4 Å². The molecular formula is C17H22N4O. The summed E-state index contributed by atoms with van der Waals surface area (Å²) in [5.74, 6) is 0.367. The molecule has 0 saturated heterocycles. The van der Waals surface area contributed by atoms with Gasteiger partial charge in [0, 0.05) is 24.5 Å². The van der Waals surface area contributed by atoms with Gasteiger partial charge in [0.05, 0.1) is 5.56 Å². The van der Waals surface area contributed by atoms with Crippen LogP contribution < -0.4 is 10.6 Å². The van der Waals surface area contributed by atoms with E-state index in [2.05, 4.69) is 32.7 Å². The third-order valence-electron chi connectivity index (χ3n) is 2.94. The molecule has 1 amide bonds. The zero-order valence-corrected chi connectivity index (χ0v) is 13.3. The van der Waals surface area contributed by atoms with Crippen molar-refractivity contribution < 1.29 is 4.79 Å². The first-order chi connectivity index (χ1) is 10.4. The van der Waals surface area contributed by atoms with Crippen molar-refractivity contribution in [3.63, 3.8) is 0 Å². The van der Waals surface area contributed by atoms with Gasteiger partial charge in [-0.05, 0) is 32.8 Å². The van der Waals surface area contributed by atoms with E-state index in [0.29, 0.717) is 11.5 Å². The topological polar surface area (TPSA) is 66.9 Å². The molecule has 0 unspecified atom stereocenters. The fourth-order valence-electron chi connectivity index (χ4n) is 1.91. The van der Waals surface area contributed by atoms with Crippen LogP contribution in [-0.4, -0.2) is 28.0 Å². The molecule has 5 nitrogen and oxygen atoms in total. The fourth-order valence-corrected chi connectivity index (χ4v) is 1.91. The summed E-state index contributed by atoms with van der Waals surface area (Å²) >= 11 is 0. The molecule has 0 fully saturated rings. The van der Waals surface area contributed by atoms with Crippen molar-refractivity contribution >= 4 is 11.9 Å². The lowest BCUT2D eigenvalue weighted by atomic mass is 10.1. The second-order valence-corrected chi connectivity index (χ2v) is 6.16. The third-order valence-corrected chi connectivity index (χ3v) is 2.94. The summed E-state index contributed by atoms with van der Waals surface area (Å²) in [7, 11) is 0. The highest BCUT2D eigenvalue weighted by Gasteiger charge is 2.15. The molecule has 1 aromatic heterocycles. The average molecular weight is 298 g/mol. The smallest absolute Gasteiger partial charge is 0.254 e. The van der Waals surface area contributed by atoms with Gasteiger partial charge >= 0.3 is 0 Å². The number of aromatic nitrogens is 2. The molecule has 0 atom stereocenters. The van der Waals surface area contributed by atoms with E-state index in [4.69, 9.17) is 0 Å². The minimum Gasteiger partial charge on any atom is -0.354 e. The van der Waals surface area contributed by atoms with E-state index < -0.39 is 0 Å². The zero-order chi connectivity index (χ0) is 16.0. The van der Waals surface area contributed by atoms with E-state index in [9.17, 15) is 4.79 Å². The highest BCUT2D eigenvalue weighted by molar-refractivity contribution is 5.94. The number of anilines is 1. The molecule has 0 spiro atoms. The van der Waals surface area contributed by atoms with Gasteiger partial charge in [-0.15, -0.1) is 0 Å². The predicted molar refractivity (Wildman–Crippen MR) is 87.9 cm³/mol. The van der Waals surface area contributed by atoms with Gasteiger partial charge in [-0.2, -0.15) is 0 Å². The van der Waals surface area contributed by atoms with Gasteiger partial charge in [-0.1, -0.05) is 30.3 Å². The maximum absolute atomic E-state index is 12.0. The van der Waals surface area contributed by atoms with E-state index in [1.807, 2.05) is 39.0 Å². The maximum Gasteiger partial charge on any atom is 0.254 e. The van der Waals surface area contributed by atoms with Crippen LogP contribution in [0.2, 0.25) is 0 Å². The minimum atomic E-state index is -0.274. The number of hydrogen-bond donors (Lipinski definition) is 2. The third kappa shape index (κ3) is 5.16. The van der Waals surface area contributed by atoms with Gasteiger partial charge in [0.25, 0.3) is 5.91 Å². The van der Waals surface area contributed by atoms with Crippen LogP contribution in [0.25, 0.3) is 0 Å². The number of carbonyl (C=O) groups excluding carboxylic acids is 1. The number of benzene rings is 1. The first-order valence-corrected chi connectivity index (χ1v) is 7.36. The summed E-state index contributed by atoms with van der Waals surface area (Å²) in [5, 5.41) is 6.03. The summed E-state index contributed by atoms with van der Waals surface area (Å²) in [6.45, 7) is 6.55. The number of nitrogens with one attached hydrogen (secondary N) is 2. The molecule has 0 aliphatic rings. The highest BCUT2D eigenvalue weighted by Crippen LogP contribution is 2.05. The molecule has 116 valence electrons. The second kappa shape index (κ2) is 7.02. The number of hydrogen-bond acceptors (Lipinski definition) is 4. The van der Waals surface area contributed by atoms with Crippen molar-refractivity contribution in [1.82, 2.24) is 15.3 Å². The van der Waals surface area contributed by atoms with Crippen LogP contribution in [0.15, 0.2) is 42.7 Å². The van der Waals surface area contributed by atoms with Crippen LogP contribution in [0.3, 0.4) is 0 Å². The molecule has 22 heavy (non-hydrogen) atoms. The maximum atomic E-state index is 12.0. The summed E-state index contributed by atoms with van der Waals surface area (Å²) in [5.41, 5.74) is 1.45. The van der Waals surface area contributed by atoms with Gasteiger partial charge in [-0.3, -0.25) is 4.79 Å². The molecule has 2 aromatic rings. The number of rotatable bonds is 5. The first-order valence-electron chi connectivity index (χ1n) is 7.36. The lowest BCUT2D eigenvalue weighted by Gasteiger charge is -2.20. The van der Waals surface area contributed by atoms with Crippen molar-refractivity contribution in [1.29, 1.82) is 0 Å². The molecule has 2 N–H and O–H groups in total. The van der Waals surface area contributed by atoms with Gasteiger partial charge < -0.3 is 10.6 Å². The largest absolute Gasteiger partial charge is 0.354 e. The fraction of sp³-hybridized carbons (Fsp3) is 0.353. The Balaban J connectivity index is 1.85. The summed E-state index contributed by atoms with van der Waals surface area (Å²) in [6, 6.07) is 10.2. The Kier molecular flexibility index (Phi) is 5.09. The van der Waals surface area contributed by atoms with Crippen LogP contribution >= 0.6 is 0 Å². The standard InChI is InChI=1S/C17H22N4O/c1-17(2,3)21-15(22)14-11-19-16(20-12-14)18-10-9-13-7-5-4-6-8-13/h4-8,11-12H,9-10H2,1-3H3,(H,21,22)(H,18,19,20). The van der Waals surface area contributed by atoms with Crippen molar-refractivity contribution in [2.45, 2.75) is 32.7 Å². The lowest BCUT2D eigenvalue weighted by Crippen LogP contribution is -2.40. The molecule has 0 aliphatic carbocycles. The monoisotopic (exact) mass is 298 g/mol. The minimum absolute atomic E-state index is 0.164. The lowest BCUT2D eigenvalue weighted by molar-refractivity contribution is 0.0919. The normalized spacial score (nSPS) is 11.0. The predicted octanol–water partition coefficient (Wildman–Crippen LogP) is 2.66.